The van der Waals surface area contributed by atoms with Gasteiger partial charge in [-0.2, -0.15) is 0 Å². The van der Waals surface area contributed by atoms with E-state index in [9.17, 15) is 13.6 Å². The van der Waals surface area contributed by atoms with Gasteiger partial charge in [0.05, 0.1) is 13.0 Å². The van der Waals surface area contributed by atoms with Gasteiger partial charge in [0.2, 0.25) is 5.91 Å². The number of hydrogen-bond acceptors (Lipinski definition) is 3. The summed E-state index contributed by atoms with van der Waals surface area (Å²) < 4.78 is 31.9. The minimum atomic E-state index is -0.637. The van der Waals surface area contributed by atoms with Gasteiger partial charge in [-0.05, 0) is 56.3 Å². The Balaban J connectivity index is 1.61. The lowest BCUT2D eigenvalue weighted by molar-refractivity contribution is -0.130. The van der Waals surface area contributed by atoms with E-state index in [1.54, 1.807) is 7.11 Å². The molecule has 3 rings (SSSR count). The van der Waals surface area contributed by atoms with Crippen LogP contribution >= 0.6 is 0 Å². The Hall–Kier alpha value is -1.53. The van der Waals surface area contributed by atoms with Crippen LogP contribution in [0.25, 0.3) is 0 Å². The lowest BCUT2D eigenvalue weighted by Gasteiger charge is -2.38. The second-order valence-corrected chi connectivity index (χ2v) is 7.50. The fourth-order valence-electron chi connectivity index (χ4n) is 4.54. The summed E-state index contributed by atoms with van der Waals surface area (Å²) in [5.41, 5.74) is 0.576. The van der Waals surface area contributed by atoms with E-state index >= 15 is 0 Å². The lowest BCUT2D eigenvalue weighted by Crippen LogP contribution is -2.46. The molecule has 6 heteroatoms. The van der Waals surface area contributed by atoms with Gasteiger partial charge in [-0.1, -0.05) is 0 Å². The number of halogens is 2. The highest BCUT2D eigenvalue weighted by atomic mass is 19.1. The Morgan fingerprint density at radius 1 is 1.08 bits per heavy atom. The van der Waals surface area contributed by atoms with Crippen molar-refractivity contribution in [3.63, 3.8) is 0 Å². The number of hydrogen-bond donors (Lipinski definition) is 0. The zero-order valence-electron chi connectivity index (χ0n) is 15.5. The maximum Gasteiger partial charge on any atom is 0.226 e. The molecule has 2 saturated heterocycles. The van der Waals surface area contributed by atoms with Gasteiger partial charge in [-0.3, -0.25) is 9.69 Å². The largest absolute Gasteiger partial charge is 0.383 e. The Labute approximate surface area is 154 Å². The topological polar surface area (TPSA) is 32.8 Å². The molecule has 1 spiro atoms. The molecule has 1 aromatic carbocycles. The molecule has 2 aliphatic heterocycles. The minimum absolute atomic E-state index is 0.0477. The average molecular weight is 366 g/mol. The molecule has 26 heavy (non-hydrogen) atoms. The molecule has 0 aromatic heterocycles. The molecule has 4 nitrogen and oxygen atoms in total. The van der Waals surface area contributed by atoms with Crippen molar-refractivity contribution in [1.29, 1.82) is 0 Å². The summed E-state index contributed by atoms with van der Waals surface area (Å²) in [4.78, 5) is 17.0. The van der Waals surface area contributed by atoms with Crippen LogP contribution in [0.2, 0.25) is 0 Å². The fraction of sp³-hybridized carbons (Fsp3) is 0.650. The van der Waals surface area contributed by atoms with E-state index in [4.69, 9.17) is 4.74 Å². The number of ether oxygens (including phenoxy) is 1. The minimum Gasteiger partial charge on any atom is -0.383 e. The van der Waals surface area contributed by atoms with Crippen molar-refractivity contribution in [2.24, 2.45) is 0 Å². The molecule has 0 saturated carbocycles. The van der Waals surface area contributed by atoms with Gasteiger partial charge in [0.25, 0.3) is 0 Å². The highest BCUT2D eigenvalue weighted by Crippen LogP contribution is 2.38. The van der Waals surface area contributed by atoms with Gasteiger partial charge in [-0.15, -0.1) is 0 Å². The fourth-order valence-corrected chi connectivity index (χ4v) is 4.54. The van der Waals surface area contributed by atoms with Crippen LogP contribution in [0.15, 0.2) is 18.2 Å². The highest BCUT2D eigenvalue weighted by Gasteiger charge is 2.41. The van der Waals surface area contributed by atoms with Crippen molar-refractivity contribution >= 4 is 5.91 Å². The van der Waals surface area contributed by atoms with E-state index in [0.29, 0.717) is 12.1 Å². The van der Waals surface area contributed by atoms with Gasteiger partial charge < -0.3 is 9.64 Å². The first kappa shape index (κ1) is 19.2. The first-order valence-electron chi connectivity index (χ1n) is 9.49. The molecule has 2 aliphatic rings. The van der Waals surface area contributed by atoms with Crippen LogP contribution in [0.1, 0.15) is 37.7 Å². The van der Waals surface area contributed by atoms with E-state index in [1.807, 2.05) is 4.90 Å². The number of methoxy groups -OCH3 is 1. The second kappa shape index (κ2) is 8.44. The summed E-state index contributed by atoms with van der Waals surface area (Å²) in [6.07, 6.45) is 5.44. The van der Waals surface area contributed by atoms with Crippen molar-refractivity contribution in [3.05, 3.63) is 35.4 Å². The Kier molecular flexibility index (Phi) is 6.24. The Morgan fingerprint density at radius 2 is 1.77 bits per heavy atom. The maximum atomic E-state index is 13.4. The van der Waals surface area contributed by atoms with Gasteiger partial charge in [-0.25, -0.2) is 8.78 Å². The predicted molar refractivity (Wildman–Crippen MR) is 95.9 cm³/mol. The molecular weight excluding hydrogens is 338 g/mol. The van der Waals surface area contributed by atoms with E-state index in [2.05, 4.69) is 4.90 Å². The summed E-state index contributed by atoms with van der Waals surface area (Å²) in [5.74, 6) is -1.32. The van der Waals surface area contributed by atoms with Crippen molar-refractivity contribution in [2.75, 3.05) is 39.9 Å². The number of nitrogens with zero attached hydrogens (tertiary/aromatic N) is 2. The summed E-state index contributed by atoms with van der Waals surface area (Å²) in [6.45, 7) is 4.19. The van der Waals surface area contributed by atoms with Crippen LogP contribution in [0.4, 0.5) is 8.78 Å². The maximum absolute atomic E-state index is 13.4. The molecule has 1 atom stereocenters. The molecule has 1 amide bonds. The van der Waals surface area contributed by atoms with Crippen LogP contribution in [0.3, 0.4) is 0 Å². The monoisotopic (exact) mass is 366 g/mol. The van der Waals surface area contributed by atoms with E-state index in [0.717, 1.165) is 51.6 Å². The second-order valence-electron chi connectivity index (χ2n) is 7.50. The molecule has 1 aromatic rings. The predicted octanol–water partition coefficient (Wildman–Crippen LogP) is 3.00. The van der Waals surface area contributed by atoms with Gasteiger partial charge in [0.1, 0.15) is 11.6 Å². The Bertz CT molecular complexity index is 620. The van der Waals surface area contributed by atoms with E-state index in [-0.39, 0.29) is 17.9 Å². The molecule has 0 unspecified atom stereocenters. The zero-order chi connectivity index (χ0) is 18.6. The number of likely N-dealkylation sites (tertiary alicyclic amines) is 2. The van der Waals surface area contributed by atoms with Gasteiger partial charge in [0.15, 0.2) is 0 Å². The molecule has 0 radical (unpaired) electrons. The SMILES string of the molecule is COCCN1CCC[C@@]12CCCN(C(=O)Cc1cc(F)cc(F)c1)CC2. The first-order chi connectivity index (χ1) is 12.5. The summed E-state index contributed by atoms with van der Waals surface area (Å²) in [5, 5.41) is 0. The van der Waals surface area contributed by atoms with Crippen LogP contribution < -0.4 is 0 Å². The Morgan fingerprint density at radius 3 is 2.46 bits per heavy atom. The normalized spacial score (nSPS) is 24.2. The highest BCUT2D eigenvalue weighted by molar-refractivity contribution is 5.78. The number of benzene rings is 1. The number of amides is 1. The van der Waals surface area contributed by atoms with Crippen LogP contribution in [0.5, 0.6) is 0 Å². The number of rotatable bonds is 5. The van der Waals surface area contributed by atoms with Gasteiger partial charge >= 0.3 is 0 Å². The molecular formula is C20H28F2N2O2. The van der Waals surface area contributed by atoms with Crippen molar-refractivity contribution in [2.45, 2.75) is 44.1 Å². The molecule has 0 aliphatic carbocycles. The van der Waals surface area contributed by atoms with Crippen molar-refractivity contribution in [3.8, 4) is 0 Å². The smallest absolute Gasteiger partial charge is 0.226 e. The van der Waals surface area contributed by atoms with Gasteiger partial charge in [0, 0.05) is 38.3 Å². The third-order valence-corrected chi connectivity index (χ3v) is 5.85. The van der Waals surface area contributed by atoms with Crippen LogP contribution in [-0.2, 0) is 16.0 Å². The molecule has 2 fully saturated rings. The van der Waals surface area contributed by atoms with Crippen LogP contribution in [-0.4, -0.2) is 61.1 Å². The van der Waals surface area contributed by atoms with Crippen molar-refractivity contribution in [1.82, 2.24) is 9.80 Å². The quantitative estimate of drug-likeness (QED) is 0.803. The lowest BCUT2D eigenvalue weighted by atomic mass is 9.88. The first-order valence-corrected chi connectivity index (χ1v) is 9.49. The van der Waals surface area contributed by atoms with Crippen molar-refractivity contribution < 1.29 is 18.3 Å². The zero-order valence-corrected chi connectivity index (χ0v) is 15.5. The third kappa shape index (κ3) is 4.41. The number of carbonyl (C=O) groups excluding carboxylic acids is 1. The van der Waals surface area contributed by atoms with E-state index < -0.39 is 11.6 Å². The molecule has 0 N–H and O–H groups in total. The standard InChI is InChI=1S/C20H28F2N2O2/c1-26-11-10-24-8-3-5-20(24)4-2-7-23(9-6-20)19(25)14-16-12-17(21)15-18(22)13-16/h12-13,15H,2-11,14H2,1H3/t20-/m1/s1. The molecule has 144 valence electrons. The third-order valence-electron chi connectivity index (χ3n) is 5.85. The molecule has 0 bridgehead atoms. The van der Waals surface area contributed by atoms with E-state index in [1.165, 1.54) is 25.0 Å². The number of carbonyl (C=O) groups is 1. The summed E-state index contributed by atoms with van der Waals surface area (Å²) in [6, 6.07) is 3.31. The summed E-state index contributed by atoms with van der Waals surface area (Å²) >= 11 is 0. The summed E-state index contributed by atoms with van der Waals surface area (Å²) in [7, 11) is 1.73. The molecule has 2 heterocycles. The van der Waals surface area contributed by atoms with Crippen LogP contribution in [0, 0.1) is 11.6 Å². The average Bonchev–Trinajstić information content (AvgIpc) is 2.83.